The smallest absolute Gasteiger partial charge is 0.113 e. The normalized spacial score (nSPS) is 18.1. The molecule has 0 saturated carbocycles. The van der Waals surface area contributed by atoms with Gasteiger partial charge in [0, 0.05) is 5.02 Å². The molecule has 3 rings (SSSR count). The van der Waals surface area contributed by atoms with Crippen molar-refractivity contribution in [3.8, 4) is 0 Å². The number of aromatic nitrogens is 3. The van der Waals surface area contributed by atoms with Crippen molar-refractivity contribution in [3.63, 3.8) is 0 Å². The van der Waals surface area contributed by atoms with E-state index in [9.17, 15) is 0 Å². The van der Waals surface area contributed by atoms with Gasteiger partial charge >= 0.3 is 0 Å². The Bertz CT molecular complexity index is 502. The van der Waals surface area contributed by atoms with E-state index < -0.39 is 0 Å². The van der Waals surface area contributed by atoms with Gasteiger partial charge in [-0.3, -0.25) is 0 Å². The highest BCUT2D eigenvalue weighted by atomic mass is 35.5. The molecule has 1 aliphatic rings. The summed E-state index contributed by atoms with van der Waals surface area (Å²) in [5, 5.41) is 12.5. The van der Waals surface area contributed by atoms with Crippen molar-refractivity contribution in [2.75, 3.05) is 13.1 Å². The number of halogens is 1. The summed E-state index contributed by atoms with van der Waals surface area (Å²) in [7, 11) is 0. The van der Waals surface area contributed by atoms with E-state index in [0.717, 1.165) is 42.0 Å². The van der Waals surface area contributed by atoms with Gasteiger partial charge in [-0.05, 0) is 44.1 Å². The van der Waals surface area contributed by atoms with Crippen LogP contribution in [0.5, 0.6) is 0 Å². The van der Waals surface area contributed by atoms with E-state index in [1.807, 2.05) is 22.9 Å². The number of benzene rings is 1. The molecule has 4 nitrogen and oxygen atoms in total. The second-order valence-electron chi connectivity index (χ2n) is 4.15. The fourth-order valence-corrected chi connectivity index (χ4v) is 2.40. The Kier molecular flexibility index (Phi) is 2.53. The van der Waals surface area contributed by atoms with E-state index in [-0.39, 0.29) is 0 Å². The molecule has 2 aromatic rings. The third-order valence-corrected chi connectivity index (χ3v) is 3.32. The summed E-state index contributed by atoms with van der Waals surface area (Å²) in [6.07, 6.45) is 2.20. The van der Waals surface area contributed by atoms with Crippen LogP contribution in [0, 0.1) is 0 Å². The van der Waals surface area contributed by atoms with Crippen LogP contribution >= 0.6 is 11.6 Å². The molecule has 1 aromatic heterocycles. The zero-order chi connectivity index (χ0) is 11.0. The Morgan fingerprint density at radius 3 is 2.94 bits per heavy atom. The number of hydrogen-bond acceptors (Lipinski definition) is 3. The van der Waals surface area contributed by atoms with Crippen LogP contribution in [0.15, 0.2) is 18.2 Å². The highest BCUT2D eigenvalue weighted by Crippen LogP contribution is 2.24. The molecule has 84 valence electrons. The van der Waals surface area contributed by atoms with Crippen LogP contribution in [-0.4, -0.2) is 28.1 Å². The molecule has 2 heterocycles. The molecular formula is C11H13ClN4. The van der Waals surface area contributed by atoms with Gasteiger partial charge in [-0.25, -0.2) is 4.68 Å². The number of hydrogen-bond donors (Lipinski definition) is 1. The Hall–Kier alpha value is -1.13. The summed E-state index contributed by atoms with van der Waals surface area (Å²) in [4.78, 5) is 0. The summed E-state index contributed by atoms with van der Waals surface area (Å²) < 4.78 is 2.02. The van der Waals surface area contributed by atoms with Crippen LogP contribution in [0.2, 0.25) is 5.02 Å². The average Bonchev–Trinajstić information content (AvgIpc) is 2.73. The maximum absolute atomic E-state index is 6.01. The molecule has 0 atom stereocenters. The highest BCUT2D eigenvalue weighted by molar-refractivity contribution is 6.31. The van der Waals surface area contributed by atoms with Crippen molar-refractivity contribution < 1.29 is 0 Å². The Balaban J connectivity index is 2.05. The first kappa shape index (κ1) is 10.1. The fourth-order valence-electron chi connectivity index (χ4n) is 2.23. The number of nitrogens with zero attached hydrogens (tertiary/aromatic N) is 3. The number of rotatable bonds is 1. The van der Waals surface area contributed by atoms with Crippen LogP contribution in [0.3, 0.4) is 0 Å². The molecule has 0 spiro atoms. The molecular weight excluding hydrogens is 224 g/mol. The SMILES string of the molecule is Clc1ccc2nnn(C3CCNCC3)c2c1. The van der Waals surface area contributed by atoms with E-state index in [0.29, 0.717) is 6.04 Å². The lowest BCUT2D eigenvalue weighted by Gasteiger charge is -2.22. The van der Waals surface area contributed by atoms with Crippen molar-refractivity contribution in [2.24, 2.45) is 0 Å². The zero-order valence-corrected chi connectivity index (χ0v) is 9.61. The lowest BCUT2D eigenvalue weighted by molar-refractivity contribution is 0.345. The Morgan fingerprint density at radius 1 is 1.31 bits per heavy atom. The minimum Gasteiger partial charge on any atom is -0.317 e. The molecule has 1 saturated heterocycles. The van der Waals surface area contributed by atoms with Crippen LogP contribution in [0.4, 0.5) is 0 Å². The van der Waals surface area contributed by atoms with Crippen LogP contribution in [0.1, 0.15) is 18.9 Å². The van der Waals surface area contributed by atoms with Crippen molar-refractivity contribution in [1.29, 1.82) is 0 Å². The van der Waals surface area contributed by atoms with Crippen LogP contribution < -0.4 is 5.32 Å². The van der Waals surface area contributed by atoms with Gasteiger partial charge in [-0.1, -0.05) is 16.8 Å². The summed E-state index contributed by atoms with van der Waals surface area (Å²) in [5.41, 5.74) is 1.96. The van der Waals surface area contributed by atoms with Crippen molar-refractivity contribution in [1.82, 2.24) is 20.3 Å². The van der Waals surface area contributed by atoms with Gasteiger partial charge in [0.1, 0.15) is 5.52 Å². The highest BCUT2D eigenvalue weighted by Gasteiger charge is 2.18. The predicted octanol–water partition coefficient (Wildman–Crippen LogP) is 2.01. The zero-order valence-electron chi connectivity index (χ0n) is 8.86. The lowest BCUT2D eigenvalue weighted by Crippen LogP contribution is -2.29. The summed E-state index contributed by atoms with van der Waals surface area (Å²) in [6, 6.07) is 6.16. The van der Waals surface area contributed by atoms with Crippen LogP contribution in [-0.2, 0) is 0 Å². The predicted molar refractivity (Wildman–Crippen MR) is 63.7 cm³/mol. The van der Waals surface area contributed by atoms with Crippen molar-refractivity contribution in [2.45, 2.75) is 18.9 Å². The van der Waals surface area contributed by atoms with E-state index in [4.69, 9.17) is 11.6 Å². The van der Waals surface area contributed by atoms with Gasteiger partial charge in [0.15, 0.2) is 0 Å². The summed E-state index contributed by atoms with van der Waals surface area (Å²) >= 11 is 6.01. The van der Waals surface area contributed by atoms with Crippen LogP contribution in [0.25, 0.3) is 11.0 Å². The summed E-state index contributed by atoms with van der Waals surface area (Å²) in [6.45, 7) is 2.10. The fraction of sp³-hybridized carbons (Fsp3) is 0.455. The van der Waals surface area contributed by atoms with Gasteiger partial charge in [0.25, 0.3) is 0 Å². The largest absolute Gasteiger partial charge is 0.317 e. The lowest BCUT2D eigenvalue weighted by atomic mass is 10.1. The number of piperidine rings is 1. The first-order valence-electron chi connectivity index (χ1n) is 5.56. The second-order valence-corrected chi connectivity index (χ2v) is 4.58. The molecule has 1 fully saturated rings. The maximum atomic E-state index is 6.01. The van der Waals surface area contributed by atoms with Gasteiger partial charge in [0.2, 0.25) is 0 Å². The molecule has 1 aliphatic heterocycles. The van der Waals surface area contributed by atoms with Crippen molar-refractivity contribution >= 4 is 22.6 Å². The monoisotopic (exact) mass is 236 g/mol. The van der Waals surface area contributed by atoms with E-state index in [1.165, 1.54) is 0 Å². The van der Waals surface area contributed by atoms with Gasteiger partial charge in [-0.15, -0.1) is 5.10 Å². The topological polar surface area (TPSA) is 42.7 Å². The first-order chi connectivity index (χ1) is 7.84. The molecule has 0 radical (unpaired) electrons. The number of fused-ring (bicyclic) bond motifs is 1. The van der Waals surface area contributed by atoms with E-state index >= 15 is 0 Å². The molecule has 0 bridgehead atoms. The maximum Gasteiger partial charge on any atom is 0.113 e. The van der Waals surface area contributed by atoms with Gasteiger partial charge in [-0.2, -0.15) is 0 Å². The summed E-state index contributed by atoms with van der Waals surface area (Å²) in [5.74, 6) is 0. The average molecular weight is 237 g/mol. The van der Waals surface area contributed by atoms with E-state index in [1.54, 1.807) is 0 Å². The molecule has 5 heteroatoms. The molecule has 1 N–H and O–H groups in total. The molecule has 0 amide bonds. The second kappa shape index (κ2) is 4.03. The van der Waals surface area contributed by atoms with E-state index in [2.05, 4.69) is 15.6 Å². The van der Waals surface area contributed by atoms with Crippen molar-refractivity contribution in [3.05, 3.63) is 23.2 Å². The van der Waals surface area contributed by atoms with Gasteiger partial charge in [0.05, 0.1) is 11.6 Å². The third-order valence-electron chi connectivity index (χ3n) is 3.09. The molecule has 0 unspecified atom stereocenters. The minimum atomic E-state index is 0.449. The number of nitrogens with one attached hydrogen (secondary N) is 1. The Morgan fingerprint density at radius 2 is 2.12 bits per heavy atom. The standard InChI is InChI=1S/C11H13ClN4/c12-8-1-2-10-11(7-8)16(15-14-10)9-3-5-13-6-4-9/h1-2,7,9,13H,3-6H2. The quantitative estimate of drug-likeness (QED) is 0.824. The molecule has 16 heavy (non-hydrogen) atoms. The molecule has 0 aliphatic carbocycles. The first-order valence-corrected chi connectivity index (χ1v) is 5.93. The minimum absolute atomic E-state index is 0.449. The Labute approximate surface area is 98.6 Å². The molecule has 1 aromatic carbocycles. The third kappa shape index (κ3) is 1.68. The van der Waals surface area contributed by atoms with Gasteiger partial charge < -0.3 is 5.32 Å².